The summed E-state index contributed by atoms with van der Waals surface area (Å²) in [7, 11) is 4.02. The van der Waals surface area contributed by atoms with Crippen LogP contribution in [0, 0.1) is 5.92 Å². The Bertz CT molecular complexity index is 408. The highest BCUT2D eigenvalue weighted by molar-refractivity contribution is 5.94. The van der Waals surface area contributed by atoms with Crippen LogP contribution in [0.2, 0.25) is 0 Å². The number of amides is 1. The molecule has 1 amide bonds. The lowest BCUT2D eigenvalue weighted by Gasteiger charge is -2.28. The van der Waals surface area contributed by atoms with Crippen LogP contribution in [0.25, 0.3) is 0 Å². The summed E-state index contributed by atoms with van der Waals surface area (Å²) < 4.78 is 0. The fourth-order valence-corrected chi connectivity index (χ4v) is 2.39. The maximum absolute atomic E-state index is 12.0. The molecule has 0 atom stereocenters. The van der Waals surface area contributed by atoms with E-state index in [2.05, 4.69) is 22.6 Å². The topological polar surface area (TPSA) is 44.4 Å². The molecule has 104 valence electrons. The fourth-order valence-electron chi connectivity index (χ4n) is 2.39. The summed E-state index contributed by atoms with van der Waals surface area (Å²) in [6.07, 6.45) is 2.35. The Morgan fingerprint density at radius 2 is 1.89 bits per heavy atom. The third-order valence-corrected chi connectivity index (χ3v) is 3.83. The van der Waals surface area contributed by atoms with Gasteiger partial charge in [0.2, 0.25) is 0 Å². The van der Waals surface area contributed by atoms with E-state index < -0.39 is 0 Å². The maximum Gasteiger partial charge on any atom is 0.251 e. The van der Waals surface area contributed by atoms with Crippen molar-refractivity contribution in [2.24, 2.45) is 5.92 Å². The standard InChI is InChI=1S/C15H23N3O/c1-16-14-5-3-13(4-6-14)15(19)17-11-12-7-9-18(2)10-8-12/h3-6,12,16H,7-11H2,1-2H3,(H,17,19). The molecule has 0 aliphatic carbocycles. The van der Waals surface area contributed by atoms with Crippen molar-refractivity contribution < 1.29 is 4.79 Å². The van der Waals surface area contributed by atoms with Crippen molar-refractivity contribution in [1.82, 2.24) is 10.2 Å². The first-order valence-electron chi connectivity index (χ1n) is 6.93. The number of carbonyl (C=O) groups excluding carboxylic acids is 1. The number of benzene rings is 1. The van der Waals surface area contributed by atoms with Gasteiger partial charge in [0, 0.05) is 24.8 Å². The minimum absolute atomic E-state index is 0.0292. The van der Waals surface area contributed by atoms with E-state index in [0.29, 0.717) is 5.92 Å². The molecule has 2 rings (SSSR count). The van der Waals surface area contributed by atoms with Gasteiger partial charge in [-0.1, -0.05) is 0 Å². The highest BCUT2D eigenvalue weighted by atomic mass is 16.1. The van der Waals surface area contributed by atoms with Crippen LogP contribution in [0.5, 0.6) is 0 Å². The van der Waals surface area contributed by atoms with E-state index in [1.807, 2.05) is 31.3 Å². The molecule has 0 saturated carbocycles. The molecule has 0 radical (unpaired) electrons. The highest BCUT2D eigenvalue weighted by Gasteiger charge is 2.17. The molecule has 4 heteroatoms. The average Bonchev–Trinajstić information content (AvgIpc) is 2.46. The van der Waals surface area contributed by atoms with E-state index >= 15 is 0 Å². The largest absolute Gasteiger partial charge is 0.388 e. The van der Waals surface area contributed by atoms with Gasteiger partial charge in [0.1, 0.15) is 0 Å². The van der Waals surface area contributed by atoms with E-state index in [9.17, 15) is 4.79 Å². The van der Waals surface area contributed by atoms with Crippen LogP contribution in [-0.2, 0) is 0 Å². The molecule has 19 heavy (non-hydrogen) atoms. The quantitative estimate of drug-likeness (QED) is 0.868. The third kappa shape index (κ3) is 3.96. The molecule has 1 heterocycles. The molecule has 0 bridgehead atoms. The Kier molecular flexibility index (Phi) is 4.80. The molecule has 1 aromatic rings. The number of nitrogens with one attached hydrogen (secondary N) is 2. The monoisotopic (exact) mass is 261 g/mol. The summed E-state index contributed by atoms with van der Waals surface area (Å²) in [6, 6.07) is 7.56. The molecule has 2 N–H and O–H groups in total. The SMILES string of the molecule is CNc1ccc(C(=O)NCC2CCN(C)CC2)cc1. The first-order chi connectivity index (χ1) is 9.19. The van der Waals surface area contributed by atoms with Gasteiger partial charge in [0.15, 0.2) is 0 Å². The van der Waals surface area contributed by atoms with Gasteiger partial charge in [-0.05, 0) is 63.2 Å². The van der Waals surface area contributed by atoms with E-state index in [1.54, 1.807) is 0 Å². The third-order valence-electron chi connectivity index (χ3n) is 3.83. The lowest BCUT2D eigenvalue weighted by Crippen LogP contribution is -2.36. The second-order valence-corrected chi connectivity index (χ2v) is 5.28. The highest BCUT2D eigenvalue weighted by Crippen LogP contribution is 2.15. The van der Waals surface area contributed by atoms with E-state index in [4.69, 9.17) is 0 Å². The van der Waals surface area contributed by atoms with Gasteiger partial charge in [-0.15, -0.1) is 0 Å². The molecule has 1 saturated heterocycles. The van der Waals surface area contributed by atoms with E-state index in [-0.39, 0.29) is 5.91 Å². The molecule has 0 aromatic heterocycles. The second kappa shape index (κ2) is 6.57. The first-order valence-corrected chi connectivity index (χ1v) is 6.93. The normalized spacial score (nSPS) is 17.2. The minimum Gasteiger partial charge on any atom is -0.388 e. The van der Waals surface area contributed by atoms with Gasteiger partial charge >= 0.3 is 0 Å². The summed E-state index contributed by atoms with van der Waals surface area (Å²) in [4.78, 5) is 14.4. The predicted molar refractivity (Wildman–Crippen MR) is 78.5 cm³/mol. The van der Waals surface area contributed by atoms with Crippen molar-refractivity contribution in [2.45, 2.75) is 12.8 Å². The van der Waals surface area contributed by atoms with Gasteiger partial charge in [-0.25, -0.2) is 0 Å². The molecule has 1 aromatic carbocycles. The number of nitrogens with zero attached hydrogens (tertiary/aromatic N) is 1. The van der Waals surface area contributed by atoms with Crippen molar-refractivity contribution in [1.29, 1.82) is 0 Å². The predicted octanol–water partition coefficient (Wildman–Crippen LogP) is 1.80. The number of rotatable bonds is 4. The lowest BCUT2D eigenvalue weighted by molar-refractivity contribution is 0.0939. The van der Waals surface area contributed by atoms with Crippen molar-refractivity contribution in [3.05, 3.63) is 29.8 Å². The van der Waals surface area contributed by atoms with Gasteiger partial charge in [-0.2, -0.15) is 0 Å². The Labute approximate surface area is 115 Å². The van der Waals surface area contributed by atoms with Crippen LogP contribution in [0.4, 0.5) is 5.69 Å². The molecule has 1 fully saturated rings. The van der Waals surface area contributed by atoms with E-state index in [1.165, 1.54) is 12.8 Å². The summed E-state index contributed by atoms with van der Waals surface area (Å²) in [6.45, 7) is 3.06. The zero-order valence-electron chi connectivity index (χ0n) is 11.8. The molecule has 0 unspecified atom stereocenters. The number of hydrogen-bond acceptors (Lipinski definition) is 3. The van der Waals surface area contributed by atoms with Crippen LogP contribution in [0.3, 0.4) is 0 Å². The number of carbonyl (C=O) groups is 1. The summed E-state index contributed by atoms with van der Waals surface area (Å²) in [5.41, 5.74) is 1.75. The number of piperidine rings is 1. The molecule has 0 spiro atoms. The van der Waals surface area contributed by atoms with Crippen LogP contribution in [0.1, 0.15) is 23.2 Å². The van der Waals surface area contributed by atoms with Crippen LogP contribution >= 0.6 is 0 Å². The Morgan fingerprint density at radius 3 is 2.47 bits per heavy atom. The van der Waals surface area contributed by atoms with Crippen LogP contribution in [-0.4, -0.2) is 44.5 Å². The molecule has 4 nitrogen and oxygen atoms in total. The Hall–Kier alpha value is -1.55. The van der Waals surface area contributed by atoms with Crippen molar-refractivity contribution in [3.8, 4) is 0 Å². The van der Waals surface area contributed by atoms with Crippen molar-refractivity contribution in [3.63, 3.8) is 0 Å². The molecular formula is C15H23N3O. The zero-order valence-corrected chi connectivity index (χ0v) is 11.8. The lowest BCUT2D eigenvalue weighted by atomic mass is 9.97. The van der Waals surface area contributed by atoms with Gasteiger partial charge < -0.3 is 15.5 Å². The van der Waals surface area contributed by atoms with E-state index in [0.717, 1.165) is 30.9 Å². The van der Waals surface area contributed by atoms with Crippen LogP contribution in [0.15, 0.2) is 24.3 Å². The first kappa shape index (κ1) is 13.9. The number of likely N-dealkylation sites (tertiary alicyclic amines) is 1. The smallest absolute Gasteiger partial charge is 0.251 e. The van der Waals surface area contributed by atoms with Crippen LogP contribution < -0.4 is 10.6 Å². The van der Waals surface area contributed by atoms with Gasteiger partial charge in [-0.3, -0.25) is 4.79 Å². The summed E-state index contributed by atoms with van der Waals surface area (Å²) in [5.74, 6) is 0.651. The Balaban J connectivity index is 1.80. The van der Waals surface area contributed by atoms with Crippen molar-refractivity contribution in [2.75, 3.05) is 39.0 Å². The minimum atomic E-state index is 0.0292. The van der Waals surface area contributed by atoms with Crippen molar-refractivity contribution >= 4 is 11.6 Å². The van der Waals surface area contributed by atoms with Gasteiger partial charge in [0.25, 0.3) is 5.91 Å². The molecular weight excluding hydrogens is 238 g/mol. The molecule has 1 aliphatic rings. The zero-order chi connectivity index (χ0) is 13.7. The van der Waals surface area contributed by atoms with Gasteiger partial charge in [0.05, 0.1) is 0 Å². The molecule has 1 aliphatic heterocycles. The second-order valence-electron chi connectivity index (χ2n) is 5.28. The summed E-state index contributed by atoms with van der Waals surface area (Å²) in [5, 5.41) is 6.09. The number of anilines is 1. The number of hydrogen-bond donors (Lipinski definition) is 2. The Morgan fingerprint density at radius 1 is 1.26 bits per heavy atom. The average molecular weight is 261 g/mol. The summed E-state index contributed by atoms with van der Waals surface area (Å²) >= 11 is 0. The maximum atomic E-state index is 12.0. The fraction of sp³-hybridized carbons (Fsp3) is 0.533.